The molecule has 0 fully saturated rings. The number of nitrogens with zero attached hydrogens (tertiary/aromatic N) is 3. The summed E-state index contributed by atoms with van der Waals surface area (Å²) in [5.74, 6) is 0. The summed E-state index contributed by atoms with van der Waals surface area (Å²) in [6.45, 7) is 0. The van der Waals surface area contributed by atoms with Crippen molar-refractivity contribution in [3.05, 3.63) is 45.8 Å². The fourth-order valence-corrected chi connectivity index (χ4v) is 2.25. The van der Waals surface area contributed by atoms with Gasteiger partial charge in [-0.25, -0.2) is 0 Å². The highest BCUT2D eigenvalue weighted by atomic mass is 79.9. The number of hydrogen-bond donors (Lipinski definition) is 0. The van der Waals surface area contributed by atoms with Crippen LogP contribution in [0.25, 0.3) is 10.4 Å². The Morgan fingerprint density at radius 1 is 1.62 bits per heavy atom. The van der Waals surface area contributed by atoms with Gasteiger partial charge in [-0.05, 0) is 23.1 Å². The van der Waals surface area contributed by atoms with Crippen LogP contribution in [0.2, 0.25) is 0 Å². The first kappa shape index (κ1) is 7.42. The van der Waals surface area contributed by atoms with Gasteiger partial charge in [0.2, 0.25) is 0 Å². The molecule has 0 amide bonds. The predicted molar refractivity (Wildman–Crippen MR) is 54.7 cm³/mol. The van der Waals surface area contributed by atoms with Crippen LogP contribution in [0.5, 0.6) is 0 Å². The lowest BCUT2D eigenvalue weighted by atomic mass is 10.1. The molecule has 1 aliphatic carbocycles. The van der Waals surface area contributed by atoms with Crippen molar-refractivity contribution in [2.75, 3.05) is 0 Å². The first-order chi connectivity index (χ1) is 6.67. The van der Waals surface area contributed by atoms with Crippen LogP contribution < -0.4 is 0 Å². The number of rotatable bonds is 1. The summed E-state index contributed by atoms with van der Waals surface area (Å²) in [6, 6.07) is 6.67. The number of alkyl halides is 1. The number of azide groups is 1. The highest BCUT2D eigenvalue weighted by Crippen LogP contribution is 2.39. The molecular weight excluding hydrogens is 230 g/mol. The van der Waals surface area contributed by atoms with E-state index in [4.69, 9.17) is 6.90 Å². The quantitative estimate of drug-likeness (QED) is 0.312. The number of hydrogen-bond acceptors (Lipinski definition) is 1. The van der Waals surface area contributed by atoms with Gasteiger partial charge in [0, 0.05) is 11.1 Å². The van der Waals surface area contributed by atoms with Gasteiger partial charge in [-0.1, -0.05) is 45.3 Å². The van der Waals surface area contributed by atoms with Crippen molar-refractivity contribution in [1.29, 1.82) is 0 Å². The van der Waals surface area contributed by atoms with Crippen LogP contribution in [0.4, 0.5) is 0 Å². The van der Waals surface area contributed by atoms with Gasteiger partial charge in [-0.3, -0.25) is 0 Å². The number of halogens is 1. The van der Waals surface area contributed by atoms with Crippen LogP contribution in [0, 0.1) is 0 Å². The van der Waals surface area contributed by atoms with E-state index in [-0.39, 0.29) is 4.83 Å². The van der Waals surface area contributed by atoms with Gasteiger partial charge in [0.25, 0.3) is 0 Å². The molecule has 0 N–H and O–H groups in total. The second-order valence-corrected chi connectivity index (χ2v) is 3.83. The lowest BCUT2D eigenvalue weighted by Gasteiger charge is -2.06. The lowest BCUT2D eigenvalue weighted by Crippen LogP contribution is -2.03. The molecule has 2 rings (SSSR count). The van der Waals surface area contributed by atoms with Gasteiger partial charge < -0.3 is 0 Å². The molecule has 3 nitrogen and oxygen atoms in total. The Morgan fingerprint density at radius 3 is 3.08 bits per heavy atom. The molecule has 13 heavy (non-hydrogen) atoms. The van der Waals surface area contributed by atoms with Gasteiger partial charge in [0.15, 0.2) is 0 Å². The van der Waals surface area contributed by atoms with E-state index in [2.05, 4.69) is 26.0 Å². The molecule has 0 saturated heterocycles. The standard InChI is InChI=1S/C9H8BrN3/c10-9-7-4-2-1-3-6(7)5-8(9)12-13-11/h1-4,8-9H,5H2/t8-,9+/m0/s1/i8D. The van der Waals surface area contributed by atoms with Gasteiger partial charge >= 0.3 is 0 Å². The number of fused-ring (bicyclic) bond motifs is 1. The monoisotopic (exact) mass is 238 g/mol. The maximum Gasteiger partial charge on any atom is 0.0580 e. The zero-order valence-corrected chi connectivity index (χ0v) is 8.40. The highest BCUT2D eigenvalue weighted by Gasteiger charge is 2.28. The van der Waals surface area contributed by atoms with E-state index in [0.29, 0.717) is 6.42 Å². The molecule has 0 heterocycles. The van der Waals surface area contributed by atoms with Crippen LogP contribution in [-0.2, 0) is 6.42 Å². The molecule has 0 unspecified atom stereocenters. The minimum absolute atomic E-state index is 0.206. The molecule has 0 aliphatic heterocycles. The first-order valence-corrected chi connectivity index (χ1v) is 4.87. The summed E-state index contributed by atoms with van der Waals surface area (Å²) in [6.07, 6.45) is 0.475. The van der Waals surface area contributed by atoms with Gasteiger partial charge in [-0.15, -0.1) is 0 Å². The first-order valence-electron chi connectivity index (χ1n) is 4.45. The minimum Gasteiger partial charge on any atom is -0.0888 e. The summed E-state index contributed by atoms with van der Waals surface area (Å²) < 4.78 is 8.00. The van der Waals surface area contributed by atoms with Crippen LogP contribution in [0.3, 0.4) is 0 Å². The Morgan fingerprint density at radius 2 is 2.38 bits per heavy atom. The molecule has 0 aromatic heterocycles. The molecule has 0 spiro atoms. The highest BCUT2D eigenvalue weighted by molar-refractivity contribution is 9.09. The summed E-state index contributed by atoms with van der Waals surface area (Å²) >= 11 is 3.41. The van der Waals surface area contributed by atoms with Crippen LogP contribution >= 0.6 is 15.9 Å². The van der Waals surface area contributed by atoms with Crippen LogP contribution in [0.15, 0.2) is 29.4 Å². The molecule has 0 radical (unpaired) electrons. The van der Waals surface area contributed by atoms with E-state index in [1.54, 1.807) is 0 Å². The van der Waals surface area contributed by atoms with Crippen LogP contribution in [0.1, 0.15) is 17.3 Å². The van der Waals surface area contributed by atoms with E-state index >= 15 is 0 Å². The summed E-state index contributed by atoms with van der Waals surface area (Å²) in [5, 5.41) is 3.55. The molecule has 1 aliphatic rings. The molecule has 4 heteroatoms. The summed E-state index contributed by atoms with van der Waals surface area (Å²) in [4.78, 5) is 2.52. The maximum atomic E-state index is 8.41. The topological polar surface area (TPSA) is 48.8 Å². The Bertz CT molecular complexity index is 416. The van der Waals surface area contributed by atoms with Crippen molar-refractivity contribution in [2.45, 2.75) is 17.3 Å². The molecule has 1 aromatic rings. The minimum atomic E-state index is -1.11. The Kier molecular flexibility index (Phi) is 1.94. The number of benzene rings is 1. The molecular formula is C9H8BrN3. The fourth-order valence-electron chi connectivity index (χ4n) is 1.55. The smallest absolute Gasteiger partial charge is 0.0580 e. The van der Waals surface area contributed by atoms with E-state index in [9.17, 15) is 0 Å². The third kappa shape index (κ3) is 1.43. The van der Waals surface area contributed by atoms with Crippen molar-refractivity contribution in [2.24, 2.45) is 5.11 Å². The molecule has 66 valence electrons. The van der Waals surface area contributed by atoms with Crippen molar-refractivity contribution >= 4 is 15.9 Å². The Balaban J connectivity index is 2.48. The summed E-state index contributed by atoms with van der Waals surface area (Å²) in [7, 11) is 0. The van der Waals surface area contributed by atoms with E-state index in [1.165, 1.54) is 0 Å². The zero-order chi connectivity index (χ0) is 10.2. The second kappa shape index (κ2) is 3.40. The zero-order valence-electron chi connectivity index (χ0n) is 7.81. The van der Waals surface area contributed by atoms with E-state index in [0.717, 1.165) is 11.1 Å². The Hall–Kier alpha value is -0.990. The summed E-state index contributed by atoms with van der Waals surface area (Å²) in [5.41, 5.74) is 10.5. The maximum absolute atomic E-state index is 8.41. The average Bonchev–Trinajstić information content (AvgIpc) is 2.41. The van der Waals surface area contributed by atoms with Crippen molar-refractivity contribution in [1.82, 2.24) is 0 Å². The average molecular weight is 239 g/mol. The predicted octanol–water partition coefficient (Wildman–Crippen LogP) is 3.36. The Labute approximate surface area is 85.9 Å². The van der Waals surface area contributed by atoms with Crippen LogP contribution in [-0.4, -0.2) is 6.02 Å². The van der Waals surface area contributed by atoms with E-state index in [1.807, 2.05) is 24.3 Å². The SMILES string of the molecule is [2H][C@]1(N=[N+]=[N-])Cc2ccccc2[C@H]1Br. The molecule has 2 atom stereocenters. The van der Waals surface area contributed by atoms with Crippen molar-refractivity contribution < 1.29 is 1.37 Å². The normalized spacial score (nSPS) is 31.8. The fraction of sp³-hybridized carbons (Fsp3) is 0.333. The van der Waals surface area contributed by atoms with Gasteiger partial charge in [0.05, 0.1) is 6.02 Å². The second-order valence-electron chi connectivity index (χ2n) is 2.92. The molecule has 0 saturated carbocycles. The van der Waals surface area contributed by atoms with Crippen molar-refractivity contribution in [3.8, 4) is 0 Å². The van der Waals surface area contributed by atoms with E-state index < -0.39 is 6.02 Å². The molecule has 0 bridgehead atoms. The third-order valence-corrected chi connectivity index (χ3v) is 3.19. The largest absolute Gasteiger partial charge is 0.0888 e. The third-order valence-electron chi connectivity index (χ3n) is 2.17. The molecule has 1 aromatic carbocycles. The van der Waals surface area contributed by atoms with Gasteiger partial charge in [-0.2, -0.15) is 0 Å². The van der Waals surface area contributed by atoms with Crippen molar-refractivity contribution in [3.63, 3.8) is 0 Å². The van der Waals surface area contributed by atoms with Gasteiger partial charge in [0.1, 0.15) is 0 Å². The lowest BCUT2D eigenvalue weighted by molar-refractivity contribution is 0.709.